The van der Waals surface area contributed by atoms with E-state index in [1.165, 1.54) is 23.0 Å². The molecule has 0 spiro atoms. The maximum atomic E-state index is 14.1. The molecule has 0 bridgehead atoms. The minimum Gasteiger partial charge on any atom is -0.324 e. The first-order valence-electron chi connectivity index (χ1n) is 10.6. The Balaban J connectivity index is 1.42. The molecule has 0 radical (unpaired) electrons. The number of rotatable bonds is 3. The molecule has 7 heteroatoms. The molecule has 1 aromatic heterocycles. The SMILES string of the molecule is CC(C)(C)c1ccc(NC(=O)N2CCCC(c3nnc(-c4ccccc4F)s3)C2)cc1. The number of hydrogen-bond donors (Lipinski definition) is 1. The molecule has 1 aliphatic rings. The van der Waals surface area contributed by atoms with Crippen LogP contribution in [0.3, 0.4) is 0 Å². The van der Waals surface area contributed by atoms with Crippen LogP contribution in [-0.2, 0) is 5.41 Å². The highest BCUT2D eigenvalue weighted by molar-refractivity contribution is 7.14. The first-order valence-corrected chi connectivity index (χ1v) is 11.4. The predicted octanol–water partition coefficient (Wildman–Crippen LogP) is 6.05. The Kier molecular flexibility index (Phi) is 6.05. The van der Waals surface area contributed by atoms with Crippen LogP contribution in [0, 0.1) is 5.82 Å². The third kappa shape index (κ3) is 4.93. The number of aromatic nitrogens is 2. The first kappa shape index (κ1) is 21.4. The van der Waals surface area contributed by atoms with Crippen molar-refractivity contribution in [3.05, 3.63) is 64.9 Å². The normalized spacial score (nSPS) is 16.9. The Labute approximate surface area is 186 Å². The highest BCUT2D eigenvalue weighted by Gasteiger charge is 2.28. The van der Waals surface area contributed by atoms with Crippen molar-refractivity contribution in [1.82, 2.24) is 15.1 Å². The fourth-order valence-electron chi connectivity index (χ4n) is 3.76. The minimum atomic E-state index is -0.299. The van der Waals surface area contributed by atoms with Crippen LogP contribution in [0.2, 0.25) is 0 Å². The van der Waals surface area contributed by atoms with E-state index in [1.807, 2.05) is 17.0 Å². The maximum Gasteiger partial charge on any atom is 0.321 e. The quantitative estimate of drug-likeness (QED) is 0.541. The molecular weight excluding hydrogens is 411 g/mol. The van der Waals surface area contributed by atoms with Gasteiger partial charge in [0.1, 0.15) is 10.8 Å². The third-order valence-electron chi connectivity index (χ3n) is 5.60. The van der Waals surface area contributed by atoms with Crippen LogP contribution in [0.5, 0.6) is 0 Å². The van der Waals surface area contributed by atoms with Crippen molar-refractivity contribution in [1.29, 1.82) is 0 Å². The lowest BCUT2D eigenvalue weighted by atomic mass is 9.87. The van der Waals surface area contributed by atoms with E-state index < -0.39 is 0 Å². The summed E-state index contributed by atoms with van der Waals surface area (Å²) in [5.41, 5.74) is 2.56. The molecule has 1 unspecified atom stereocenters. The van der Waals surface area contributed by atoms with Crippen molar-refractivity contribution in [2.75, 3.05) is 18.4 Å². The lowest BCUT2D eigenvalue weighted by Gasteiger charge is -2.31. The Bertz CT molecular complexity index is 1060. The van der Waals surface area contributed by atoms with Gasteiger partial charge in [-0.1, -0.05) is 56.4 Å². The second-order valence-electron chi connectivity index (χ2n) is 8.97. The van der Waals surface area contributed by atoms with Gasteiger partial charge in [-0.25, -0.2) is 9.18 Å². The van der Waals surface area contributed by atoms with Crippen molar-refractivity contribution < 1.29 is 9.18 Å². The molecule has 2 aromatic carbocycles. The van der Waals surface area contributed by atoms with Gasteiger partial charge in [0.25, 0.3) is 0 Å². The number of carbonyl (C=O) groups is 1. The summed E-state index contributed by atoms with van der Waals surface area (Å²) >= 11 is 1.41. The zero-order chi connectivity index (χ0) is 22.0. The molecule has 1 aliphatic heterocycles. The summed E-state index contributed by atoms with van der Waals surface area (Å²) in [5, 5.41) is 12.9. The fourth-order valence-corrected chi connectivity index (χ4v) is 4.76. The molecule has 31 heavy (non-hydrogen) atoms. The van der Waals surface area contributed by atoms with Crippen LogP contribution in [0.15, 0.2) is 48.5 Å². The van der Waals surface area contributed by atoms with Gasteiger partial charge < -0.3 is 10.2 Å². The molecule has 1 atom stereocenters. The maximum absolute atomic E-state index is 14.1. The van der Waals surface area contributed by atoms with E-state index in [2.05, 4.69) is 48.4 Å². The van der Waals surface area contributed by atoms with Crippen LogP contribution in [0.1, 0.15) is 50.1 Å². The Hall–Kier alpha value is -2.80. The fraction of sp³-hybridized carbons (Fsp3) is 0.375. The number of anilines is 1. The monoisotopic (exact) mass is 438 g/mol. The van der Waals surface area contributed by atoms with Crippen molar-refractivity contribution in [2.24, 2.45) is 0 Å². The summed E-state index contributed by atoms with van der Waals surface area (Å²) in [6.45, 7) is 7.79. The topological polar surface area (TPSA) is 58.1 Å². The van der Waals surface area contributed by atoms with Crippen LogP contribution in [0.4, 0.5) is 14.9 Å². The highest BCUT2D eigenvalue weighted by atomic mass is 32.1. The van der Waals surface area contributed by atoms with Crippen LogP contribution in [-0.4, -0.2) is 34.2 Å². The molecule has 4 rings (SSSR count). The highest BCUT2D eigenvalue weighted by Crippen LogP contribution is 2.33. The number of hydrogen-bond acceptors (Lipinski definition) is 4. The Morgan fingerprint density at radius 3 is 2.58 bits per heavy atom. The second-order valence-corrected chi connectivity index (χ2v) is 9.98. The minimum absolute atomic E-state index is 0.0753. The van der Waals surface area contributed by atoms with Gasteiger partial charge in [-0.15, -0.1) is 10.2 Å². The molecule has 5 nitrogen and oxygen atoms in total. The van der Waals surface area contributed by atoms with Gasteiger partial charge >= 0.3 is 6.03 Å². The zero-order valence-electron chi connectivity index (χ0n) is 18.1. The number of nitrogens with one attached hydrogen (secondary N) is 1. The number of amides is 2. The Morgan fingerprint density at radius 2 is 1.87 bits per heavy atom. The summed E-state index contributed by atoms with van der Waals surface area (Å²) in [6, 6.07) is 14.5. The average Bonchev–Trinajstić information content (AvgIpc) is 3.24. The molecule has 162 valence electrons. The standard InChI is InChI=1S/C24H27FN4OS/c1-24(2,3)17-10-12-18(13-11-17)26-23(30)29-14-6-7-16(15-29)21-27-28-22(31-21)19-8-4-5-9-20(19)25/h4-5,8-13,16H,6-7,14-15H2,1-3H3,(H,26,30). The lowest BCUT2D eigenvalue weighted by Crippen LogP contribution is -2.41. The summed E-state index contributed by atoms with van der Waals surface area (Å²) in [5.74, 6) is -0.187. The van der Waals surface area contributed by atoms with Crippen molar-refractivity contribution in [3.8, 4) is 10.6 Å². The van der Waals surface area contributed by atoms with Gasteiger partial charge in [-0.2, -0.15) is 0 Å². The molecule has 2 heterocycles. The second kappa shape index (κ2) is 8.75. The predicted molar refractivity (Wildman–Crippen MR) is 123 cm³/mol. The lowest BCUT2D eigenvalue weighted by molar-refractivity contribution is 0.192. The molecule has 3 aromatic rings. The van der Waals surface area contributed by atoms with E-state index in [0.717, 1.165) is 23.5 Å². The number of benzene rings is 2. The molecule has 1 N–H and O–H groups in total. The molecule has 2 amide bonds. The van der Waals surface area contributed by atoms with Crippen LogP contribution < -0.4 is 5.32 Å². The van der Waals surface area contributed by atoms with Crippen molar-refractivity contribution in [2.45, 2.75) is 44.9 Å². The van der Waals surface area contributed by atoms with Crippen LogP contribution >= 0.6 is 11.3 Å². The Morgan fingerprint density at radius 1 is 1.13 bits per heavy atom. The van der Waals surface area contributed by atoms with Crippen molar-refractivity contribution in [3.63, 3.8) is 0 Å². The first-order chi connectivity index (χ1) is 14.8. The number of likely N-dealkylation sites (tertiary alicyclic amines) is 1. The molecule has 0 aliphatic carbocycles. The van der Waals surface area contributed by atoms with Gasteiger partial charge in [0, 0.05) is 30.3 Å². The average molecular weight is 439 g/mol. The summed E-state index contributed by atoms with van der Waals surface area (Å²) < 4.78 is 14.1. The van der Waals surface area contributed by atoms with E-state index in [-0.39, 0.29) is 23.2 Å². The van der Waals surface area contributed by atoms with Gasteiger partial charge in [0.15, 0.2) is 5.01 Å². The smallest absolute Gasteiger partial charge is 0.321 e. The third-order valence-corrected chi connectivity index (χ3v) is 6.72. The van der Waals surface area contributed by atoms with Crippen molar-refractivity contribution >= 4 is 23.1 Å². The van der Waals surface area contributed by atoms with Gasteiger partial charge in [0.05, 0.1) is 0 Å². The molecule has 1 saturated heterocycles. The van der Waals surface area contributed by atoms with E-state index in [9.17, 15) is 9.18 Å². The molecule has 0 saturated carbocycles. The van der Waals surface area contributed by atoms with E-state index in [4.69, 9.17) is 0 Å². The zero-order valence-corrected chi connectivity index (χ0v) is 18.9. The van der Waals surface area contributed by atoms with Gasteiger partial charge in [-0.3, -0.25) is 0 Å². The number of piperidine rings is 1. The molecule has 1 fully saturated rings. The van der Waals surface area contributed by atoms with E-state index in [0.29, 0.717) is 23.7 Å². The largest absolute Gasteiger partial charge is 0.324 e. The molecular formula is C24H27FN4OS. The van der Waals surface area contributed by atoms with E-state index in [1.54, 1.807) is 18.2 Å². The van der Waals surface area contributed by atoms with Crippen LogP contribution in [0.25, 0.3) is 10.6 Å². The van der Waals surface area contributed by atoms with Gasteiger partial charge in [0.2, 0.25) is 0 Å². The van der Waals surface area contributed by atoms with E-state index >= 15 is 0 Å². The summed E-state index contributed by atoms with van der Waals surface area (Å²) in [7, 11) is 0. The number of halogens is 1. The summed E-state index contributed by atoms with van der Waals surface area (Å²) in [6.07, 6.45) is 1.84. The number of nitrogens with zero attached hydrogens (tertiary/aromatic N) is 3. The number of urea groups is 1. The number of carbonyl (C=O) groups excluding carboxylic acids is 1. The summed E-state index contributed by atoms with van der Waals surface area (Å²) in [4.78, 5) is 14.7. The van der Waals surface area contributed by atoms with Gasteiger partial charge in [-0.05, 0) is 48.1 Å².